The van der Waals surface area contributed by atoms with Crippen LogP contribution in [0.3, 0.4) is 0 Å². The van der Waals surface area contributed by atoms with Crippen molar-refractivity contribution >= 4 is 22.7 Å². The molecule has 3 aromatic rings. The summed E-state index contributed by atoms with van der Waals surface area (Å²) in [5.74, 6) is -1.56. The second-order valence-electron chi connectivity index (χ2n) is 5.28. The van der Waals surface area contributed by atoms with E-state index in [9.17, 15) is 9.18 Å². The zero-order valence-electron chi connectivity index (χ0n) is 12.4. The van der Waals surface area contributed by atoms with E-state index in [1.54, 1.807) is 6.07 Å². The molecule has 0 saturated heterocycles. The first-order valence-corrected chi connectivity index (χ1v) is 6.80. The molecule has 0 fully saturated rings. The summed E-state index contributed by atoms with van der Waals surface area (Å²) < 4.78 is 17.3. The number of rotatable bonds is 3. The summed E-state index contributed by atoms with van der Waals surface area (Å²) in [6.07, 6.45) is 2.46. The van der Waals surface area contributed by atoms with Crippen LogP contribution in [-0.4, -0.2) is 30.6 Å². The number of halogens is 1. The van der Waals surface area contributed by atoms with Crippen molar-refractivity contribution in [3.63, 3.8) is 0 Å². The Balaban J connectivity index is 2.25. The summed E-state index contributed by atoms with van der Waals surface area (Å²) in [6, 6.07) is 2.72. The number of aromatic carboxylic acids is 1. The number of benzene rings is 1. The lowest BCUT2D eigenvalue weighted by atomic mass is 10.2. The minimum absolute atomic E-state index is 0.00576. The minimum atomic E-state index is -1.12. The fourth-order valence-electron chi connectivity index (χ4n) is 2.36. The van der Waals surface area contributed by atoms with Gasteiger partial charge in [-0.3, -0.25) is 0 Å². The van der Waals surface area contributed by atoms with E-state index >= 15 is 0 Å². The van der Waals surface area contributed by atoms with Crippen molar-refractivity contribution in [2.75, 3.05) is 0 Å². The van der Waals surface area contributed by atoms with Crippen LogP contribution in [0.4, 0.5) is 10.2 Å². The Kier molecular flexibility index (Phi) is 3.33. The van der Waals surface area contributed by atoms with Crippen molar-refractivity contribution in [1.82, 2.24) is 19.6 Å². The predicted octanol–water partition coefficient (Wildman–Crippen LogP) is 3.19. The summed E-state index contributed by atoms with van der Waals surface area (Å²) in [6.45, 7) is 10.9. The van der Waals surface area contributed by atoms with Crippen molar-refractivity contribution in [3.8, 4) is 5.69 Å². The molecule has 0 aliphatic rings. The number of carbonyl (C=O) groups is 1. The molecule has 1 N–H and O–H groups in total. The van der Waals surface area contributed by atoms with E-state index in [-0.39, 0.29) is 22.9 Å². The molecule has 0 saturated carbocycles. The van der Waals surface area contributed by atoms with E-state index in [0.717, 1.165) is 0 Å². The van der Waals surface area contributed by atoms with Crippen molar-refractivity contribution in [2.45, 2.75) is 19.9 Å². The van der Waals surface area contributed by atoms with Crippen LogP contribution >= 0.6 is 0 Å². The van der Waals surface area contributed by atoms with Crippen molar-refractivity contribution in [3.05, 3.63) is 47.3 Å². The highest BCUT2D eigenvalue weighted by Crippen LogP contribution is 2.31. The molecule has 0 unspecified atom stereocenters. The van der Waals surface area contributed by atoms with E-state index in [4.69, 9.17) is 11.7 Å². The van der Waals surface area contributed by atoms with Gasteiger partial charge in [-0.05, 0) is 25.0 Å². The summed E-state index contributed by atoms with van der Waals surface area (Å²) in [5.41, 5.74) is 0.574. The lowest BCUT2D eigenvalue weighted by molar-refractivity contribution is 0.0697. The van der Waals surface area contributed by atoms with E-state index in [2.05, 4.69) is 15.0 Å². The number of carboxylic acid groups (broad SMARTS) is 1. The topological polar surface area (TPSA) is 77.3 Å². The first kappa shape index (κ1) is 14.7. The Morgan fingerprint density at radius 1 is 1.43 bits per heavy atom. The Morgan fingerprint density at radius 3 is 2.74 bits per heavy atom. The second-order valence-corrected chi connectivity index (χ2v) is 5.28. The van der Waals surface area contributed by atoms with Crippen molar-refractivity contribution in [1.29, 1.82) is 0 Å². The molecule has 2 heterocycles. The Bertz CT molecular complexity index is 964. The highest BCUT2D eigenvalue weighted by Gasteiger charge is 2.20. The maximum atomic E-state index is 14.5. The molecule has 0 amide bonds. The third-order valence-corrected chi connectivity index (χ3v) is 3.41. The lowest BCUT2D eigenvalue weighted by Gasteiger charge is -2.06. The lowest BCUT2D eigenvalue weighted by Crippen LogP contribution is -2.04. The summed E-state index contributed by atoms with van der Waals surface area (Å²) in [4.78, 5) is 14.3. The zero-order valence-corrected chi connectivity index (χ0v) is 12.4. The van der Waals surface area contributed by atoms with Gasteiger partial charge in [0.1, 0.15) is 5.52 Å². The van der Waals surface area contributed by atoms with Gasteiger partial charge >= 0.3 is 11.8 Å². The fourth-order valence-corrected chi connectivity index (χ4v) is 2.36. The number of fused-ring (bicyclic) bond motifs is 1. The molecular weight excluding hydrogens is 301 g/mol. The van der Waals surface area contributed by atoms with Gasteiger partial charge in [-0.15, -0.1) is 0 Å². The maximum absolute atomic E-state index is 14.5. The van der Waals surface area contributed by atoms with Gasteiger partial charge in [0.05, 0.1) is 23.5 Å². The Morgan fingerprint density at radius 2 is 2.17 bits per heavy atom. The number of carboxylic acids is 1. The molecule has 2 aromatic heterocycles. The number of hydrogen-bond donors (Lipinski definition) is 1. The summed E-state index contributed by atoms with van der Waals surface area (Å²) in [5, 5.41) is 17.4. The van der Waals surface area contributed by atoms with Crippen LogP contribution in [0.15, 0.2) is 24.5 Å². The van der Waals surface area contributed by atoms with Crippen LogP contribution in [0.1, 0.15) is 30.2 Å². The number of nitrogens with zero attached hydrogens (tertiary/aromatic N) is 5. The molecule has 116 valence electrons. The van der Waals surface area contributed by atoms with Crippen LogP contribution in [0.25, 0.3) is 21.4 Å². The third kappa shape index (κ3) is 2.32. The molecule has 0 spiro atoms. The quantitative estimate of drug-likeness (QED) is 0.753. The largest absolute Gasteiger partial charge is 0.478 e. The smallest absolute Gasteiger partial charge is 0.338 e. The van der Waals surface area contributed by atoms with Gasteiger partial charge in [0.15, 0.2) is 5.82 Å². The third-order valence-electron chi connectivity index (χ3n) is 3.41. The van der Waals surface area contributed by atoms with Crippen molar-refractivity contribution < 1.29 is 14.3 Å². The van der Waals surface area contributed by atoms with Crippen LogP contribution in [-0.2, 0) is 0 Å². The van der Waals surface area contributed by atoms with Gasteiger partial charge in [-0.25, -0.2) is 13.9 Å². The van der Waals surface area contributed by atoms with E-state index in [0.29, 0.717) is 11.1 Å². The Labute approximate surface area is 130 Å². The molecule has 0 radical (unpaired) electrons. The number of hydrogen-bond acceptors (Lipinski definition) is 3. The van der Waals surface area contributed by atoms with Crippen molar-refractivity contribution in [2.24, 2.45) is 0 Å². The second kappa shape index (κ2) is 5.21. The maximum Gasteiger partial charge on any atom is 0.338 e. The summed E-state index contributed by atoms with van der Waals surface area (Å²) in [7, 11) is 0. The van der Waals surface area contributed by atoms with E-state index in [1.807, 2.05) is 13.8 Å². The van der Waals surface area contributed by atoms with Gasteiger partial charge < -0.3 is 9.95 Å². The Hall–Kier alpha value is -3.21. The van der Waals surface area contributed by atoms with Crippen LogP contribution in [0.2, 0.25) is 0 Å². The van der Waals surface area contributed by atoms with Gasteiger partial charge in [-0.1, -0.05) is 6.57 Å². The molecule has 0 aliphatic heterocycles. The standard InChI is InChI=1S/C15H12FN5O2/c1-8(2)21-13-11(14(17-3)19-21)4-10(5-12(13)16)20-7-9(6-18-20)15(22)23/h4-8H,1-2H3,(H,22,23). The zero-order chi connectivity index (χ0) is 16.7. The predicted molar refractivity (Wildman–Crippen MR) is 80.4 cm³/mol. The molecule has 7 nitrogen and oxygen atoms in total. The van der Waals surface area contributed by atoms with Gasteiger partial charge in [0, 0.05) is 17.6 Å². The number of aromatic nitrogens is 4. The minimum Gasteiger partial charge on any atom is -0.478 e. The fraction of sp³-hybridized carbons (Fsp3) is 0.200. The molecule has 1 aromatic carbocycles. The highest BCUT2D eigenvalue weighted by molar-refractivity contribution is 5.93. The normalized spacial score (nSPS) is 11.1. The molecule has 23 heavy (non-hydrogen) atoms. The van der Waals surface area contributed by atoms with Crippen LogP contribution in [0.5, 0.6) is 0 Å². The average molecular weight is 313 g/mol. The van der Waals surface area contributed by atoms with Crippen LogP contribution < -0.4 is 0 Å². The monoisotopic (exact) mass is 313 g/mol. The molecule has 0 aliphatic carbocycles. The first-order valence-electron chi connectivity index (χ1n) is 6.80. The highest BCUT2D eigenvalue weighted by atomic mass is 19.1. The van der Waals surface area contributed by atoms with Gasteiger partial charge in [0.25, 0.3) is 0 Å². The summed E-state index contributed by atoms with van der Waals surface area (Å²) >= 11 is 0. The van der Waals surface area contributed by atoms with Gasteiger partial charge in [0.2, 0.25) is 0 Å². The SMILES string of the molecule is [C-]#[N+]c1nn(C(C)C)c2c(F)cc(-n3cc(C(=O)O)cn3)cc12. The molecule has 0 atom stereocenters. The van der Waals surface area contributed by atoms with Gasteiger partial charge in [-0.2, -0.15) is 9.78 Å². The molecule has 3 rings (SSSR count). The van der Waals surface area contributed by atoms with E-state index in [1.165, 1.54) is 27.8 Å². The average Bonchev–Trinajstić information content (AvgIpc) is 3.11. The van der Waals surface area contributed by atoms with E-state index < -0.39 is 11.8 Å². The van der Waals surface area contributed by atoms with Crippen LogP contribution in [0, 0.1) is 12.4 Å². The molecule has 8 heteroatoms. The molecule has 0 bridgehead atoms. The first-order chi connectivity index (χ1) is 10.9. The molecular formula is C15H12FN5O2.